The van der Waals surface area contributed by atoms with E-state index < -0.39 is 5.91 Å². The summed E-state index contributed by atoms with van der Waals surface area (Å²) in [5, 5.41) is 0.882. The van der Waals surface area contributed by atoms with Crippen molar-refractivity contribution in [1.29, 1.82) is 0 Å². The maximum absolute atomic E-state index is 11.3. The first-order valence-electron chi connectivity index (χ1n) is 5.69. The van der Waals surface area contributed by atoms with Crippen LogP contribution in [-0.2, 0) is 0 Å². The summed E-state index contributed by atoms with van der Waals surface area (Å²) in [4.78, 5) is 11.3. The third-order valence-electron chi connectivity index (χ3n) is 2.66. The molecule has 0 saturated heterocycles. The molecule has 0 aliphatic rings. The number of carbonyl (C=O) groups is 1. The first-order valence-corrected chi connectivity index (χ1v) is 6.81. The average molecular weight is 316 g/mol. The average Bonchev–Trinajstić information content (AvgIpc) is 2.33. The molecule has 18 heavy (non-hydrogen) atoms. The van der Waals surface area contributed by atoms with Crippen molar-refractivity contribution in [2.75, 3.05) is 19.0 Å². The summed E-state index contributed by atoms with van der Waals surface area (Å²) < 4.78 is 11.0. The van der Waals surface area contributed by atoms with Crippen molar-refractivity contribution in [2.24, 2.45) is 5.73 Å². The molecule has 0 aliphatic carbocycles. The summed E-state index contributed by atoms with van der Waals surface area (Å²) in [5.74, 6) is 0.806. The van der Waals surface area contributed by atoms with E-state index in [0.29, 0.717) is 29.2 Å². The number of methoxy groups -OCH3 is 1. The fourth-order valence-corrected chi connectivity index (χ4v) is 2.00. The second kappa shape index (κ2) is 6.64. The van der Waals surface area contributed by atoms with Gasteiger partial charge in [-0.2, -0.15) is 0 Å². The molecule has 0 saturated carbocycles. The Bertz CT molecular complexity index is 446. The Labute approximate surface area is 116 Å². The maximum Gasteiger partial charge on any atom is 0.249 e. The smallest absolute Gasteiger partial charge is 0.249 e. The van der Waals surface area contributed by atoms with E-state index in [1.807, 2.05) is 6.92 Å². The van der Waals surface area contributed by atoms with Crippen LogP contribution in [-0.4, -0.2) is 25.0 Å². The minimum absolute atomic E-state index is 0.457. The summed E-state index contributed by atoms with van der Waals surface area (Å²) in [6.07, 6.45) is 0.902. The van der Waals surface area contributed by atoms with Crippen LogP contribution in [0, 0.1) is 13.8 Å². The molecule has 1 amide bonds. The van der Waals surface area contributed by atoms with Gasteiger partial charge in [0, 0.05) is 16.5 Å². The number of primary amides is 1. The molecule has 0 bridgehead atoms. The van der Waals surface area contributed by atoms with Gasteiger partial charge in [0.25, 0.3) is 0 Å². The van der Waals surface area contributed by atoms with Gasteiger partial charge in [-0.3, -0.25) is 4.79 Å². The molecule has 0 radical (unpaired) electrons. The lowest BCUT2D eigenvalue weighted by Gasteiger charge is -2.17. The number of rotatable bonds is 6. The van der Waals surface area contributed by atoms with Gasteiger partial charge in [-0.25, -0.2) is 0 Å². The second-order valence-corrected chi connectivity index (χ2v) is 4.78. The van der Waals surface area contributed by atoms with E-state index in [1.54, 1.807) is 20.1 Å². The summed E-state index contributed by atoms with van der Waals surface area (Å²) >= 11 is 3.35. The molecule has 4 nitrogen and oxygen atoms in total. The van der Waals surface area contributed by atoms with Crippen LogP contribution < -0.4 is 15.2 Å². The van der Waals surface area contributed by atoms with Crippen molar-refractivity contribution < 1.29 is 14.3 Å². The van der Waals surface area contributed by atoms with Gasteiger partial charge in [0.2, 0.25) is 5.91 Å². The van der Waals surface area contributed by atoms with Gasteiger partial charge in [0.1, 0.15) is 0 Å². The molecule has 0 aromatic heterocycles. The predicted octanol–water partition coefficient (Wildman–Crippen LogP) is 2.57. The lowest BCUT2D eigenvalue weighted by Crippen LogP contribution is -2.14. The first kappa shape index (κ1) is 14.8. The zero-order chi connectivity index (χ0) is 13.7. The number of benzene rings is 1. The third kappa shape index (κ3) is 3.16. The Kier molecular flexibility index (Phi) is 5.47. The lowest BCUT2D eigenvalue weighted by atomic mass is 10.0. The number of aryl methyl sites for hydroxylation is 1. The molecular formula is C13H18BrNO3. The predicted molar refractivity (Wildman–Crippen MR) is 74.9 cm³/mol. The van der Waals surface area contributed by atoms with Crippen LogP contribution in [0.3, 0.4) is 0 Å². The minimum Gasteiger partial charge on any atom is -0.493 e. The minimum atomic E-state index is -0.457. The molecule has 5 heteroatoms. The molecule has 1 rings (SSSR count). The number of halogens is 1. The van der Waals surface area contributed by atoms with Crippen molar-refractivity contribution >= 4 is 21.8 Å². The van der Waals surface area contributed by atoms with E-state index in [1.165, 1.54) is 0 Å². The molecule has 0 fully saturated rings. The lowest BCUT2D eigenvalue weighted by molar-refractivity contribution is 0.0999. The van der Waals surface area contributed by atoms with E-state index in [9.17, 15) is 4.79 Å². The van der Waals surface area contributed by atoms with Gasteiger partial charge >= 0.3 is 0 Å². The summed E-state index contributed by atoms with van der Waals surface area (Å²) in [5.41, 5.74) is 7.37. The molecular weight excluding hydrogens is 298 g/mol. The van der Waals surface area contributed by atoms with Gasteiger partial charge in [0.15, 0.2) is 11.5 Å². The highest BCUT2D eigenvalue weighted by Crippen LogP contribution is 2.36. The Morgan fingerprint density at radius 3 is 2.56 bits per heavy atom. The zero-order valence-corrected chi connectivity index (χ0v) is 12.5. The quantitative estimate of drug-likeness (QED) is 0.648. The van der Waals surface area contributed by atoms with Gasteiger partial charge in [0.05, 0.1) is 13.7 Å². The number of amides is 1. The van der Waals surface area contributed by atoms with Crippen LogP contribution in [0.25, 0.3) is 0 Å². The number of hydrogen-bond donors (Lipinski definition) is 1. The van der Waals surface area contributed by atoms with E-state index in [-0.39, 0.29) is 0 Å². The van der Waals surface area contributed by atoms with E-state index in [4.69, 9.17) is 15.2 Å². The van der Waals surface area contributed by atoms with Crippen LogP contribution in [0.2, 0.25) is 0 Å². The monoisotopic (exact) mass is 315 g/mol. The first-order chi connectivity index (χ1) is 8.52. The molecule has 100 valence electrons. The molecule has 0 atom stereocenters. The third-order valence-corrected chi connectivity index (χ3v) is 3.22. The Morgan fingerprint density at radius 1 is 1.39 bits per heavy atom. The van der Waals surface area contributed by atoms with Crippen LogP contribution in [0.1, 0.15) is 27.9 Å². The Balaban J connectivity index is 3.17. The number of hydrogen-bond acceptors (Lipinski definition) is 3. The largest absolute Gasteiger partial charge is 0.493 e. The van der Waals surface area contributed by atoms with Crippen molar-refractivity contribution in [3.8, 4) is 11.5 Å². The highest BCUT2D eigenvalue weighted by molar-refractivity contribution is 9.09. The molecule has 1 aromatic carbocycles. The van der Waals surface area contributed by atoms with Crippen LogP contribution in [0.15, 0.2) is 6.07 Å². The number of nitrogens with two attached hydrogens (primary N) is 1. The molecule has 0 unspecified atom stereocenters. The Hall–Kier alpha value is -1.23. The number of carbonyl (C=O) groups excluding carboxylic acids is 1. The number of ether oxygens (including phenoxy) is 2. The summed E-state index contributed by atoms with van der Waals surface area (Å²) in [6, 6.07) is 1.74. The SMILES string of the molecule is COc1c(C)c(C(N)=O)cc(C)c1OCCCBr. The summed E-state index contributed by atoms with van der Waals surface area (Å²) in [6.45, 7) is 4.27. The van der Waals surface area contributed by atoms with Crippen LogP contribution >= 0.6 is 15.9 Å². The van der Waals surface area contributed by atoms with Crippen molar-refractivity contribution in [2.45, 2.75) is 20.3 Å². The maximum atomic E-state index is 11.3. The topological polar surface area (TPSA) is 61.5 Å². The molecule has 0 aliphatic heterocycles. The van der Waals surface area contributed by atoms with E-state index >= 15 is 0 Å². The normalized spacial score (nSPS) is 10.2. The van der Waals surface area contributed by atoms with Gasteiger partial charge in [-0.15, -0.1) is 0 Å². The molecule has 2 N–H and O–H groups in total. The molecule has 0 spiro atoms. The second-order valence-electron chi connectivity index (χ2n) is 3.98. The van der Waals surface area contributed by atoms with Crippen molar-refractivity contribution in [3.63, 3.8) is 0 Å². The summed E-state index contributed by atoms with van der Waals surface area (Å²) in [7, 11) is 1.56. The van der Waals surface area contributed by atoms with Gasteiger partial charge in [-0.1, -0.05) is 15.9 Å². The van der Waals surface area contributed by atoms with E-state index in [0.717, 1.165) is 17.3 Å². The van der Waals surface area contributed by atoms with Gasteiger partial charge in [-0.05, 0) is 31.9 Å². The molecule has 0 heterocycles. The zero-order valence-electron chi connectivity index (χ0n) is 10.9. The highest BCUT2D eigenvalue weighted by atomic mass is 79.9. The van der Waals surface area contributed by atoms with Crippen molar-refractivity contribution in [3.05, 3.63) is 22.8 Å². The van der Waals surface area contributed by atoms with Crippen molar-refractivity contribution in [1.82, 2.24) is 0 Å². The van der Waals surface area contributed by atoms with E-state index in [2.05, 4.69) is 15.9 Å². The Morgan fingerprint density at radius 2 is 2.06 bits per heavy atom. The molecule has 1 aromatic rings. The highest BCUT2D eigenvalue weighted by Gasteiger charge is 2.17. The van der Waals surface area contributed by atoms with Gasteiger partial charge < -0.3 is 15.2 Å². The van der Waals surface area contributed by atoms with Crippen LogP contribution in [0.5, 0.6) is 11.5 Å². The fraction of sp³-hybridized carbons (Fsp3) is 0.462. The number of alkyl halides is 1. The fourth-order valence-electron chi connectivity index (χ4n) is 1.77. The standard InChI is InChI=1S/C13H18BrNO3/c1-8-7-10(13(15)16)9(2)12(17-3)11(8)18-6-4-5-14/h7H,4-6H2,1-3H3,(H2,15,16). The van der Waals surface area contributed by atoms with Crippen LogP contribution in [0.4, 0.5) is 0 Å².